The minimum absolute atomic E-state index is 0.00445. The largest absolute Gasteiger partial charge is 0.459 e. The Morgan fingerprint density at radius 3 is 1.94 bits per heavy atom. The van der Waals surface area contributed by atoms with Gasteiger partial charge in [-0.25, -0.2) is 0 Å². The Hall–Kier alpha value is -3.98. The number of nitro groups is 1. The molecule has 0 unspecified atom stereocenters. The molecule has 9 heteroatoms. The Labute approximate surface area is 186 Å². The molecule has 1 heterocycles. The van der Waals surface area contributed by atoms with E-state index in [9.17, 15) is 24.5 Å². The molecule has 8 nitrogen and oxygen atoms in total. The number of carbonyl (C=O) groups is 3. The zero-order chi connectivity index (χ0) is 22.7. The van der Waals surface area contributed by atoms with Crippen LogP contribution >= 0.6 is 11.8 Å². The Kier molecular flexibility index (Phi) is 6.00. The first kappa shape index (κ1) is 21.3. The van der Waals surface area contributed by atoms with Crippen molar-refractivity contribution in [3.05, 3.63) is 99.6 Å². The molecule has 2 amide bonds. The van der Waals surface area contributed by atoms with Crippen LogP contribution in [0.4, 0.5) is 5.69 Å². The van der Waals surface area contributed by atoms with Gasteiger partial charge in [-0.15, -0.1) is 0 Å². The van der Waals surface area contributed by atoms with Crippen molar-refractivity contribution in [1.29, 1.82) is 0 Å². The molecular weight excluding hydrogens is 432 g/mol. The third kappa shape index (κ3) is 4.52. The fraction of sp³-hybridized carbons (Fsp3) is 0.0870. The summed E-state index contributed by atoms with van der Waals surface area (Å²) in [5.74, 6) is -1.69. The summed E-state index contributed by atoms with van der Waals surface area (Å²) in [5.41, 5.74) is 1.35. The Bertz CT molecular complexity index is 1170. The predicted molar refractivity (Wildman–Crippen MR) is 115 cm³/mol. The van der Waals surface area contributed by atoms with Crippen molar-refractivity contribution in [2.75, 3.05) is 6.54 Å². The number of rotatable bonds is 7. The number of fused-ring (bicyclic) bond motifs is 1. The molecule has 3 aromatic carbocycles. The van der Waals surface area contributed by atoms with E-state index in [2.05, 4.69) is 0 Å². The number of imide groups is 1. The van der Waals surface area contributed by atoms with Crippen LogP contribution in [0.5, 0.6) is 0 Å². The highest BCUT2D eigenvalue weighted by Crippen LogP contribution is 2.29. The molecule has 0 radical (unpaired) electrons. The van der Waals surface area contributed by atoms with E-state index in [1.165, 1.54) is 23.9 Å². The van der Waals surface area contributed by atoms with Gasteiger partial charge in [0.2, 0.25) is 0 Å². The second-order valence-electron chi connectivity index (χ2n) is 6.90. The first-order valence-corrected chi connectivity index (χ1v) is 10.4. The van der Waals surface area contributed by atoms with Crippen LogP contribution in [0.1, 0.15) is 26.3 Å². The smallest absolute Gasteiger partial charge is 0.326 e. The van der Waals surface area contributed by atoms with Gasteiger partial charge in [-0.05, 0) is 42.0 Å². The monoisotopic (exact) mass is 448 g/mol. The van der Waals surface area contributed by atoms with E-state index in [4.69, 9.17) is 4.74 Å². The van der Waals surface area contributed by atoms with Gasteiger partial charge in [0.25, 0.3) is 17.5 Å². The second-order valence-corrected chi connectivity index (χ2v) is 8.05. The van der Waals surface area contributed by atoms with Gasteiger partial charge in [-0.3, -0.25) is 29.4 Å². The Balaban J connectivity index is 1.30. The lowest BCUT2D eigenvalue weighted by atomic mass is 10.1. The standard InChI is InChI=1S/C23H16N2O6S/c26-21(13-24-22(27)19-3-1-2-4-20(19)23(24)28)31-14-15-5-9-17(10-6-15)32-18-11-7-16(8-12-18)25(29)30/h1-12H,13-14H2. The summed E-state index contributed by atoms with van der Waals surface area (Å²) in [6, 6.07) is 20.0. The van der Waals surface area contributed by atoms with E-state index < -0.39 is 29.3 Å². The lowest BCUT2D eigenvalue weighted by Gasteiger charge is -2.13. The van der Waals surface area contributed by atoms with Crippen molar-refractivity contribution < 1.29 is 24.0 Å². The van der Waals surface area contributed by atoms with Gasteiger partial charge in [-0.2, -0.15) is 0 Å². The molecule has 0 fully saturated rings. The highest BCUT2D eigenvalue weighted by Gasteiger charge is 2.36. The summed E-state index contributed by atoms with van der Waals surface area (Å²) in [4.78, 5) is 49.8. The molecule has 0 atom stereocenters. The molecule has 0 aliphatic carbocycles. The zero-order valence-corrected chi connectivity index (χ0v) is 17.4. The molecular formula is C23H16N2O6S. The first-order chi connectivity index (χ1) is 15.4. The summed E-state index contributed by atoms with van der Waals surface area (Å²) in [5, 5.41) is 10.7. The van der Waals surface area contributed by atoms with Crippen LogP contribution in [0.2, 0.25) is 0 Å². The molecule has 32 heavy (non-hydrogen) atoms. The number of hydrogen-bond donors (Lipinski definition) is 0. The summed E-state index contributed by atoms with van der Waals surface area (Å²) >= 11 is 1.44. The normalized spacial score (nSPS) is 12.6. The highest BCUT2D eigenvalue weighted by atomic mass is 32.2. The average Bonchev–Trinajstić information content (AvgIpc) is 3.04. The van der Waals surface area contributed by atoms with Gasteiger partial charge in [-0.1, -0.05) is 36.0 Å². The maximum Gasteiger partial charge on any atom is 0.326 e. The first-order valence-electron chi connectivity index (χ1n) is 9.54. The van der Waals surface area contributed by atoms with Gasteiger partial charge in [0.15, 0.2) is 0 Å². The topological polar surface area (TPSA) is 107 Å². The number of carbonyl (C=O) groups excluding carboxylic acids is 3. The number of hydrogen-bond acceptors (Lipinski definition) is 7. The maximum atomic E-state index is 12.3. The third-order valence-corrected chi connectivity index (χ3v) is 5.79. The Morgan fingerprint density at radius 2 is 1.41 bits per heavy atom. The van der Waals surface area contributed by atoms with E-state index in [1.54, 1.807) is 48.5 Å². The predicted octanol–water partition coefficient (Wildman–Crippen LogP) is 4.09. The van der Waals surface area contributed by atoms with Gasteiger partial charge >= 0.3 is 5.97 Å². The SMILES string of the molecule is O=C(CN1C(=O)c2ccccc2C1=O)OCc1ccc(Sc2ccc([N+](=O)[O-])cc2)cc1. The minimum atomic E-state index is -0.677. The van der Waals surface area contributed by atoms with Crippen molar-refractivity contribution in [2.45, 2.75) is 16.4 Å². The number of ether oxygens (including phenoxy) is 1. The molecule has 0 aromatic heterocycles. The average molecular weight is 448 g/mol. The van der Waals surface area contributed by atoms with E-state index >= 15 is 0 Å². The molecule has 0 saturated carbocycles. The molecule has 1 aliphatic heterocycles. The molecule has 1 aliphatic rings. The second kappa shape index (κ2) is 9.03. The zero-order valence-electron chi connectivity index (χ0n) is 16.6. The van der Waals surface area contributed by atoms with Gasteiger partial charge in [0, 0.05) is 21.9 Å². The highest BCUT2D eigenvalue weighted by molar-refractivity contribution is 7.99. The molecule has 4 rings (SSSR count). The summed E-state index contributed by atoms with van der Waals surface area (Å²) in [7, 11) is 0. The van der Waals surface area contributed by atoms with Gasteiger partial charge < -0.3 is 4.74 Å². The van der Waals surface area contributed by atoms with Crippen molar-refractivity contribution >= 4 is 35.2 Å². The summed E-state index contributed by atoms with van der Waals surface area (Å²) < 4.78 is 5.22. The maximum absolute atomic E-state index is 12.3. The number of amides is 2. The lowest BCUT2D eigenvalue weighted by molar-refractivity contribution is -0.384. The van der Waals surface area contributed by atoms with E-state index in [1.807, 2.05) is 12.1 Å². The molecule has 0 spiro atoms. The van der Waals surface area contributed by atoms with Crippen LogP contribution in [-0.4, -0.2) is 34.2 Å². The molecule has 160 valence electrons. The number of nitro benzene ring substituents is 1. The molecule has 3 aromatic rings. The Morgan fingerprint density at radius 1 is 0.875 bits per heavy atom. The minimum Gasteiger partial charge on any atom is -0.459 e. The van der Waals surface area contributed by atoms with Crippen molar-refractivity contribution in [3.8, 4) is 0 Å². The number of nitrogens with zero attached hydrogens (tertiary/aromatic N) is 2. The van der Waals surface area contributed by atoms with Crippen LogP contribution < -0.4 is 0 Å². The fourth-order valence-electron chi connectivity index (χ4n) is 3.15. The van der Waals surface area contributed by atoms with Gasteiger partial charge in [0.05, 0.1) is 16.1 Å². The van der Waals surface area contributed by atoms with E-state index in [-0.39, 0.29) is 23.4 Å². The molecule has 0 bridgehead atoms. The van der Waals surface area contributed by atoms with Crippen LogP contribution in [0.3, 0.4) is 0 Å². The van der Waals surface area contributed by atoms with Crippen LogP contribution in [0, 0.1) is 10.1 Å². The van der Waals surface area contributed by atoms with Crippen LogP contribution in [0.25, 0.3) is 0 Å². The van der Waals surface area contributed by atoms with E-state index in [0.717, 1.165) is 20.3 Å². The van der Waals surface area contributed by atoms with Crippen molar-refractivity contribution in [2.24, 2.45) is 0 Å². The van der Waals surface area contributed by atoms with Crippen LogP contribution in [-0.2, 0) is 16.1 Å². The van der Waals surface area contributed by atoms with E-state index in [0.29, 0.717) is 0 Å². The quantitative estimate of drug-likeness (QED) is 0.232. The number of benzene rings is 3. The number of esters is 1. The number of non-ortho nitro benzene ring substituents is 1. The third-order valence-electron chi connectivity index (χ3n) is 4.77. The molecule has 0 N–H and O–H groups in total. The van der Waals surface area contributed by atoms with Crippen LogP contribution in [0.15, 0.2) is 82.6 Å². The molecule has 0 saturated heterocycles. The fourth-order valence-corrected chi connectivity index (χ4v) is 3.96. The summed E-state index contributed by atoms with van der Waals surface area (Å²) in [6.07, 6.45) is 0. The summed E-state index contributed by atoms with van der Waals surface area (Å²) in [6.45, 7) is -0.440. The lowest BCUT2D eigenvalue weighted by Crippen LogP contribution is -2.35. The van der Waals surface area contributed by atoms with Gasteiger partial charge in [0.1, 0.15) is 13.2 Å². The van der Waals surface area contributed by atoms with Crippen molar-refractivity contribution in [1.82, 2.24) is 4.90 Å². The van der Waals surface area contributed by atoms with Crippen molar-refractivity contribution in [3.63, 3.8) is 0 Å².